The van der Waals surface area contributed by atoms with E-state index in [1.165, 1.54) is 23.5 Å². The maximum absolute atomic E-state index is 10.5. The van der Waals surface area contributed by atoms with Crippen LogP contribution in [0.25, 0.3) is 11.3 Å². The summed E-state index contributed by atoms with van der Waals surface area (Å²) in [5, 5.41) is 18.3. The second kappa shape index (κ2) is 4.88. The van der Waals surface area contributed by atoms with Gasteiger partial charge < -0.3 is 4.57 Å². The van der Waals surface area contributed by atoms with Crippen LogP contribution in [-0.2, 0) is 7.05 Å². The summed E-state index contributed by atoms with van der Waals surface area (Å²) in [5.74, 6) is 0. The lowest BCUT2D eigenvalue weighted by atomic mass is 10.1. The molecule has 0 saturated heterocycles. The van der Waals surface area contributed by atoms with Crippen molar-refractivity contribution in [2.75, 3.05) is 0 Å². The molecule has 0 spiro atoms. The molecule has 0 aliphatic heterocycles. The number of nitro groups is 1. The number of nitro benzene ring substituents is 1. The van der Waals surface area contributed by atoms with Gasteiger partial charge in [0.1, 0.15) is 0 Å². The molecule has 1 aromatic carbocycles. The molecule has 2 rings (SSSR count). The maximum atomic E-state index is 10.5. The van der Waals surface area contributed by atoms with E-state index in [0.717, 1.165) is 11.3 Å². The van der Waals surface area contributed by atoms with Gasteiger partial charge in [0, 0.05) is 24.6 Å². The van der Waals surface area contributed by atoms with Crippen LogP contribution in [0, 0.1) is 15.0 Å². The number of hydrogen-bond donors (Lipinski definition) is 0. The van der Waals surface area contributed by atoms with Crippen molar-refractivity contribution in [1.29, 1.82) is 0 Å². The number of non-ortho nitro benzene ring substituents is 1. The summed E-state index contributed by atoms with van der Waals surface area (Å²) in [4.78, 5) is 20.7. The van der Waals surface area contributed by atoms with E-state index in [-0.39, 0.29) is 5.69 Å². The number of benzene rings is 1. The number of nitroso groups, excluding NO2 is 1. The summed E-state index contributed by atoms with van der Waals surface area (Å²) in [5.41, 5.74) is 1.67. The first kappa shape index (κ1) is 12.1. The summed E-state index contributed by atoms with van der Waals surface area (Å²) in [6, 6.07) is 6.17. The average molecular weight is 264 g/mol. The van der Waals surface area contributed by atoms with E-state index in [2.05, 4.69) is 10.4 Å². The summed E-state index contributed by atoms with van der Waals surface area (Å²) in [7, 11) is 1.75. The Labute approximate surface area is 105 Å². The average Bonchev–Trinajstić information content (AvgIpc) is 2.72. The number of aromatic nitrogens is 1. The highest BCUT2D eigenvalue weighted by molar-refractivity contribution is 7.07. The van der Waals surface area contributed by atoms with Gasteiger partial charge in [-0.1, -0.05) is 5.10 Å². The van der Waals surface area contributed by atoms with Gasteiger partial charge in [0.2, 0.25) is 4.80 Å². The molecular weight excluding hydrogens is 256 g/mol. The minimum absolute atomic E-state index is 0.0381. The fourth-order valence-corrected chi connectivity index (χ4v) is 2.36. The minimum atomic E-state index is -0.450. The van der Waals surface area contributed by atoms with Gasteiger partial charge in [-0.25, -0.2) is 0 Å². The summed E-state index contributed by atoms with van der Waals surface area (Å²) >= 11 is 1.27. The van der Waals surface area contributed by atoms with Crippen molar-refractivity contribution in [2.24, 2.45) is 17.4 Å². The molecule has 0 aliphatic rings. The molecule has 1 heterocycles. The molecule has 8 heteroatoms. The first-order chi connectivity index (χ1) is 8.63. The summed E-state index contributed by atoms with van der Waals surface area (Å²) in [6.45, 7) is 0. The Morgan fingerprint density at radius 3 is 2.56 bits per heavy atom. The van der Waals surface area contributed by atoms with Crippen LogP contribution in [0.3, 0.4) is 0 Å². The molecule has 0 aliphatic carbocycles. The fraction of sp³-hybridized carbons (Fsp3) is 0.100. The summed E-state index contributed by atoms with van der Waals surface area (Å²) < 4.78 is 1.70. The number of nitrogens with zero attached hydrogens (tertiary/aromatic N) is 4. The van der Waals surface area contributed by atoms with Gasteiger partial charge in [0.15, 0.2) is 0 Å². The molecule has 18 heavy (non-hydrogen) atoms. The van der Waals surface area contributed by atoms with E-state index >= 15 is 0 Å². The van der Waals surface area contributed by atoms with Crippen LogP contribution in [0.4, 0.5) is 5.69 Å². The molecule has 0 N–H and O–H groups in total. The molecular formula is C10H8N4O3S. The van der Waals surface area contributed by atoms with Gasteiger partial charge in [0.05, 0.1) is 15.9 Å². The smallest absolute Gasteiger partial charge is 0.269 e. The monoisotopic (exact) mass is 264 g/mol. The van der Waals surface area contributed by atoms with E-state index in [0.29, 0.717) is 4.80 Å². The van der Waals surface area contributed by atoms with Gasteiger partial charge in [-0.2, -0.15) is 0 Å². The van der Waals surface area contributed by atoms with Crippen LogP contribution in [-0.4, -0.2) is 9.49 Å². The largest absolute Gasteiger partial charge is 0.318 e. The normalized spacial score (nSPS) is 11.5. The number of thiazole rings is 1. The van der Waals surface area contributed by atoms with Gasteiger partial charge in [-0.3, -0.25) is 10.1 Å². The van der Waals surface area contributed by atoms with Gasteiger partial charge in [0.25, 0.3) is 5.69 Å². The van der Waals surface area contributed by atoms with Gasteiger partial charge >= 0.3 is 0 Å². The molecule has 0 bridgehead atoms. The predicted octanol–water partition coefficient (Wildman–Crippen LogP) is 2.24. The SMILES string of the molecule is Cn1c(-c2ccc([N+](=O)[O-])cc2)cs/c1=N/N=O. The quantitative estimate of drug-likeness (QED) is 0.483. The Morgan fingerprint density at radius 2 is 2.00 bits per heavy atom. The Hall–Kier alpha value is -2.35. The summed E-state index contributed by atoms with van der Waals surface area (Å²) in [6.07, 6.45) is 0. The van der Waals surface area contributed by atoms with Crippen molar-refractivity contribution in [1.82, 2.24) is 4.57 Å². The van der Waals surface area contributed by atoms with Crippen molar-refractivity contribution >= 4 is 17.0 Å². The number of rotatable bonds is 3. The van der Waals surface area contributed by atoms with E-state index in [4.69, 9.17) is 0 Å². The highest BCUT2D eigenvalue weighted by Crippen LogP contribution is 2.22. The molecule has 92 valence electrons. The van der Waals surface area contributed by atoms with E-state index in [1.54, 1.807) is 23.7 Å². The molecule has 7 nitrogen and oxygen atoms in total. The van der Waals surface area contributed by atoms with E-state index in [1.807, 2.05) is 5.38 Å². The Balaban J connectivity index is 2.46. The van der Waals surface area contributed by atoms with Crippen LogP contribution in [0.15, 0.2) is 40.0 Å². The number of hydrogen-bond acceptors (Lipinski definition) is 5. The second-order valence-corrected chi connectivity index (χ2v) is 4.28. The molecule has 0 radical (unpaired) electrons. The van der Waals surface area contributed by atoms with Crippen molar-refractivity contribution in [2.45, 2.75) is 0 Å². The van der Waals surface area contributed by atoms with Crippen LogP contribution in [0.5, 0.6) is 0 Å². The maximum Gasteiger partial charge on any atom is 0.269 e. The lowest BCUT2D eigenvalue weighted by Crippen LogP contribution is -2.10. The van der Waals surface area contributed by atoms with E-state index in [9.17, 15) is 15.0 Å². The van der Waals surface area contributed by atoms with Crippen LogP contribution >= 0.6 is 11.3 Å². The third kappa shape index (κ3) is 2.18. The van der Waals surface area contributed by atoms with Crippen molar-refractivity contribution in [3.8, 4) is 11.3 Å². The first-order valence-corrected chi connectivity index (χ1v) is 5.77. The molecule has 0 amide bonds. The van der Waals surface area contributed by atoms with E-state index < -0.39 is 4.92 Å². The molecule has 0 saturated carbocycles. The molecule has 0 fully saturated rings. The first-order valence-electron chi connectivity index (χ1n) is 4.89. The zero-order valence-electron chi connectivity index (χ0n) is 9.31. The molecule has 0 atom stereocenters. The lowest BCUT2D eigenvalue weighted by Gasteiger charge is -2.01. The molecule has 1 aromatic heterocycles. The Kier molecular flexibility index (Phi) is 3.28. The molecule has 2 aromatic rings. The topological polar surface area (TPSA) is 89.9 Å². The van der Waals surface area contributed by atoms with Crippen molar-refractivity contribution in [3.63, 3.8) is 0 Å². The standard InChI is InChI=1S/C10H8N4O3S/c1-13-9(6-18-10(13)11-12-15)7-2-4-8(5-3-7)14(16)17/h2-6H,1H3/b11-10+. The zero-order valence-corrected chi connectivity index (χ0v) is 10.1. The third-order valence-electron chi connectivity index (χ3n) is 2.42. The van der Waals surface area contributed by atoms with Crippen LogP contribution in [0.1, 0.15) is 0 Å². The third-order valence-corrected chi connectivity index (χ3v) is 3.33. The van der Waals surface area contributed by atoms with Crippen molar-refractivity contribution in [3.05, 3.63) is 49.5 Å². The predicted molar refractivity (Wildman–Crippen MR) is 66.7 cm³/mol. The van der Waals surface area contributed by atoms with Gasteiger partial charge in [-0.05, 0) is 17.7 Å². The second-order valence-electron chi connectivity index (χ2n) is 3.45. The van der Waals surface area contributed by atoms with Gasteiger partial charge in [-0.15, -0.1) is 16.2 Å². The Morgan fingerprint density at radius 1 is 1.33 bits per heavy atom. The minimum Gasteiger partial charge on any atom is -0.318 e. The van der Waals surface area contributed by atoms with Crippen LogP contribution in [0.2, 0.25) is 0 Å². The fourth-order valence-electron chi connectivity index (χ4n) is 1.51. The van der Waals surface area contributed by atoms with Crippen molar-refractivity contribution < 1.29 is 4.92 Å². The molecule has 0 unspecified atom stereocenters. The Bertz CT molecular complexity index is 657. The zero-order chi connectivity index (χ0) is 13.1. The van der Waals surface area contributed by atoms with Crippen LogP contribution < -0.4 is 4.80 Å². The lowest BCUT2D eigenvalue weighted by molar-refractivity contribution is -0.384. The highest BCUT2D eigenvalue weighted by Gasteiger charge is 2.08. The highest BCUT2D eigenvalue weighted by atomic mass is 32.1.